The average Bonchev–Trinajstić information content (AvgIpc) is 3.07. The van der Waals surface area contributed by atoms with Crippen molar-refractivity contribution in [2.45, 2.75) is 13.5 Å². The van der Waals surface area contributed by atoms with E-state index in [9.17, 15) is 4.79 Å². The van der Waals surface area contributed by atoms with Crippen molar-refractivity contribution in [3.63, 3.8) is 0 Å². The Morgan fingerprint density at radius 2 is 2.12 bits per heavy atom. The highest BCUT2D eigenvalue weighted by Crippen LogP contribution is 2.32. The first-order valence-corrected chi connectivity index (χ1v) is 7.72. The van der Waals surface area contributed by atoms with Crippen molar-refractivity contribution < 1.29 is 14.3 Å². The van der Waals surface area contributed by atoms with Crippen LogP contribution in [-0.2, 0) is 11.3 Å². The summed E-state index contributed by atoms with van der Waals surface area (Å²) >= 11 is 0. The number of aromatic nitrogens is 1. The zero-order valence-electron chi connectivity index (χ0n) is 13.8. The minimum absolute atomic E-state index is 0.171. The molecule has 0 aliphatic carbocycles. The molecular weight excluding hydrogens is 316 g/mol. The van der Waals surface area contributed by atoms with Crippen LogP contribution in [0.3, 0.4) is 0 Å². The van der Waals surface area contributed by atoms with Gasteiger partial charge >= 0.3 is 0 Å². The van der Waals surface area contributed by atoms with Crippen LogP contribution >= 0.6 is 0 Å². The van der Waals surface area contributed by atoms with Gasteiger partial charge in [-0.3, -0.25) is 9.78 Å². The minimum atomic E-state index is -0.348. The van der Waals surface area contributed by atoms with Crippen molar-refractivity contribution in [2.24, 2.45) is 0 Å². The Kier molecular flexibility index (Phi) is 4.87. The Balaban J connectivity index is 1.74. The molecule has 1 aromatic heterocycles. The van der Waals surface area contributed by atoms with Gasteiger partial charge in [-0.05, 0) is 37.3 Å². The van der Waals surface area contributed by atoms with Crippen molar-refractivity contribution >= 4 is 5.91 Å². The fourth-order valence-electron chi connectivity index (χ4n) is 2.37. The third-order valence-electron chi connectivity index (χ3n) is 3.55. The molecule has 1 amide bonds. The molecule has 3 rings (SSSR count). The molecule has 0 fully saturated rings. The molecule has 1 aliphatic rings. The van der Waals surface area contributed by atoms with Crippen molar-refractivity contribution in [3.8, 4) is 35.7 Å². The molecule has 25 heavy (non-hydrogen) atoms. The number of carbonyl (C=O) groups excluding carboxylic acids is 1. The van der Waals surface area contributed by atoms with Crippen LogP contribution < -0.4 is 9.47 Å². The van der Waals surface area contributed by atoms with E-state index in [1.54, 1.807) is 18.2 Å². The molecule has 124 valence electrons. The molecule has 0 unspecified atom stereocenters. The van der Waals surface area contributed by atoms with Gasteiger partial charge in [-0.15, -0.1) is 6.42 Å². The first-order valence-electron chi connectivity index (χ1n) is 7.72. The number of aryl methyl sites for hydroxylation is 1. The number of benzene rings is 1. The predicted octanol–water partition coefficient (Wildman–Crippen LogP) is 2.13. The maximum absolute atomic E-state index is 12.4. The number of nitrogens with zero attached hydrogens (tertiary/aromatic N) is 2. The van der Waals surface area contributed by atoms with Crippen LogP contribution in [0, 0.1) is 31.1 Å². The summed E-state index contributed by atoms with van der Waals surface area (Å²) in [5.74, 6) is 8.92. The third kappa shape index (κ3) is 4.10. The van der Waals surface area contributed by atoms with Gasteiger partial charge in [0.15, 0.2) is 11.5 Å². The highest BCUT2D eigenvalue weighted by molar-refractivity contribution is 5.94. The normalized spacial score (nSPS) is 11.2. The highest BCUT2D eigenvalue weighted by Gasteiger charge is 2.14. The summed E-state index contributed by atoms with van der Waals surface area (Å²) in [5, 5.41) is 0. The van der Waals surface area contributed by atoms with E-state index in [1.165, 1.54) is 4.90 Å². The first kappa shape index (κ1) is 16.4. The molecule has 1 aliphatic heterocycles. The quantitative estimate of drug-likeness (QED) is 0.808. The van der Waals surface area contributed by atoms with Crippen LogP contribution in [-0.4, -0.2) is 29.1 Å². The summed E-state index contributed by atoms with van der Waals surface area (Å²) in [5.41, 5.74) is 2.33. The standard InChI is InChI=1S/C20H16N2O3/c1-3-11-22(13-17-6-4-5-15(2)21-17)20(23)10-8-16-7-9-18-19(12-16)25-14-24-18/h1,4-7,9,12H,11,13-14H2,2H3. The van der Waals surface area contributed by atoms with Crippen LogP contribution in [0.5, 0.6) is 11.5 Å². The number of rotatable bonds is 3. The van der Waals surface area contributed by atoms with E-state index in [2.05, 4.69) is 22.7 Å². The molecule has 2 aromatic rings. The van der Waals surface area contributed by atoms with Crippen molar-refractivity contribution in [1.82, 2.24) is 9.88 Å². The molecule has 0 radical (unpaired) electrons. The topological polar surface area (TPSA) is 51.7 Å². The largest absolute Gasteiger partial charge is 0.454 e. The summed E-state index contributed by atoms with van der Waals surface area (Å²) in [6.45, 7) is 2.59. The fourth-order valence-corrected chi connectivity index (χ4v) is 2.37. The molecule has 0 bridgehead atoms. The smallest absolute Gasteiger partial charge is 0.299 e. The number of terminal acetylenes is 1. The Labute approximate surface area is 146 Å². The van der Waals surface area contributed by atoms with Gasteiger partial charge in [0, 0.05) is 17.2 Å². The van der Waals surface area contributed by atoms with E-state index in [1.807, 2.05) is 25.1 Å². The Morgan fingerprint density at radius 1 is 1.28 bits per heavy atom. The molecule has 5 nitrogen and oxygen atoms in total. The number of hydrogen-bond acceptors (Lipinski definition) is 4. The highest BCUT2D eigenvalue weighted by atomic mass is 16.7. The van der Waals surface area contributed by atoms with Crippen molar-refractivity contribution in [2.75, 3.05) is 13.3 Å². The lowest BCUT2D eigenvalue weighted by atomic mass is 10.2. The summed E-state index contributed by atoms with van der Waals surface area (Å²) in [7, 11) is 0. The van der Waals surface area contributed by atoms with Gasteiger partial charge in [0.05, 0.1) is 18.8 Å². The van der Waals surface area contributed by atoms with Gasteiger partial charge in [0.2, 0.25) is 6.79 Å². The van der Waals surface area contributed by atoms with Gasteiger partial charge in [-0.25, -0.2) is 0 Å². The van der Waals surface area contributed by atoms with E-state index < -0.39 is 0 Å². The van der Waals surface area contributed by atoms with E-state index >= 15 is 0 Å². The predicted molar refractivity (Wildman–Crippen MR) is 92.7 cm³/mol. The van der Waals surface area contributed by atoms with Gasteiger partial charge in [0.25, 0.3) is 5.91 Å². The first-order chi connectivity index (χ1) is 12.2. The summed E-state index contributed by atoms with van der Waals surface area (Å²) < 4.78 is 10.6. The average molecular weight is 332 g/mol. The molecule has 5 heteroatoms. The molecule has 0 saturated heterocycles. The lowest BCUT2D eigenvalue weighted by Gasteiger charge is -2.16. The van der Waals surface area contributed by atoms with E-state index in [0.717, 1.165) is 11.4 Å². The van der Waals surface area contributed by atoms with Crippen LogP contribution in [0.1, 0.15) is 17.0 Å². The van der Waals surface area contributed by atoms with E-state index in [0.29, 0.717) is 23.6 Å². The molecule has 1 aromatic carbocycles. The van der Waals surface area contributed by atoms with Gasteiger partial charge in [-0.2, -0.15) is 0 Å². The number of fused-ring (bicyclic) bond motifs is 1. The number of pyridine rings is 1. The Bertz CT molecular complexity index is 903. The summed E-state index contributed by atoms with van der Waals surface area (Å²) in [4.78, 5) is 18.3. The van der Waals surface area contributed by atoms with E-state index in [-0.39, 0.29) is 19.2 Å². The van der Waals surface area contributed by atoms with Crippen molar-refractivity contribution in [3.05, 3.63) is 53.3 Å². The number of hydrogen-bond donors (Lipinski definition) is 0. The van der Waals surface area contributed by atoms with Gasteiger partial charge in [-0.1, -0.05) is 17.9 Å². The number of ether oxygens (including phenoxy) is 2. The van der Waals surface area contributed by atoms with Crippen LogP contribution in [0.2, 0.25) is 0 Å². The second-order valence-electron chi connectivity index (χ2n) is 5.45. The fraction of sp³-hybridized carbons (Fsp3) is 0.200. The SMILES string of the molecule is C#CCN(Cc1cccc(C)n1)C(=O)C#Cc1ccc2c(c1)OCO2. The minimum Gasteiger partial charge on any atom is -0.454 e. The molecule has 0 saturated carbocycles. The molecule has 0 spiro atoms. The molecule has 0 atom stereocenters. The maximum Gasteiger partial charge on any atom is 0.299 e. The monoisotopic (exact) mass is 332 g/mol. The van der Waals surface area contributed by atoms with Gasteiger partial charge < -0.3 is 14.4 Å². The summed E-state index contributed by atoms with van der Waals surface area (Å²) in [6, 6.07) is 10.9. The summed E-state index contributed by atoms with van der Waals surface area (Å²) in [6.07, 6.45) is 5.38. The second kappa shape index (κ2) is 7.42. The molecule has 2 heterocycles. The van der Waals surface area contributed by atoms with E-state index in [4.69, 9.17) is 15.9 Å². The maximum atomic E-state index is 12.4. The zero-order valence-corrected chi connectivity index (χ0v) is 13.8. The number of carbonyl (C=O) groups is 1. The molecule has 0 N–H and O–H groups in total. The second-order valence-corrected chi connectivity index (χ2v) is 5.45. The Morgan fingerprint density at radius 3 is 2.92 bits per heavy atom. The van der Waals surface area contributed by atoms with Crippen LogP contribution in [0.25, 0.3) is 0 Å². The number of amides is 1. The lowest BCUT2D eigenvalue weighted by Crippen LogP contribution is -2.30. The van der Waals surface area contributed by atoms with Gasteiger partial charge in [0.1, 0.15) is 0 Å². The third-order valence-corrected chi connectivity index (χ3v) is 3.55. The Hall–Kier alpha value is -3.44. The van der Waals surface area contributed by atoms with Crippen LogP contribution in [0.15, 0.2) is 36.4 Å². The lowest BCUT2D eigenvalue weighted by molar-refractivity contribution is -0.125. The zero-order chi connectivity index (χ0) is 17.6. The van der Waals surface area contributed by atoms with Crippen molar-refractivity contribution in [1.29, 1.82) is 0 Å². The molecular formula is C20H16N2O3. The van der Waals surface area contributed by atoms with Crippen LogP contribution in [0.4, 0.5) is 0 Å².